The molecule has 0 unspecified atom stereocenters. The SMILES string of the molecule is COc1ccc(CN(C)[C@H]2C[C@H]3CC(=O)NC[C@H]3C2)cc1Cn1cccn1. The molecule has 144 valence electrons. The summed E-state index contributed by atoms with van der Waals surface area (Å²) in [5, 5.41) is 7.33. The fourth-order valence-electron chi connectivity index (χ4n) is 4.63. The Labute approximate surface area is 160 Å². The monoisotopic (exact) mass is 368 g/mol. The smallest absolute Gasteiger partial charge is 0.220 e. The summed E-state index contributed by atoms with van der Waals surface area (Å²) < 4.78 is 7.45. The minimum absolute atomic E-state index is 0.220. The van der Waals surface area contributed by atoms with Gasteiger partial charge in [0, 0.05) is 43.5 Å². The Morgan fingerprint density at radius 1 is 1.33 bits per heavy atom. The number of nitrogens with one attached hydrogen (secondary N) is 1. The number of hydrogen-bond acceptors (Lipinski definition) is 4. The van der Waals surface area contributed by atoms with Gasteiger partial charge in [0.25, 0.3) is 0 Å². The second-order valence-electron chi connectivity index (χ2n) is 7.92. The molecule has 2 fully saturated rings. The third kappa shape index (κ3) is 4.00. The topological polar surface area (TPSA) is 59.4 Å². The molecular formula is C21H28N4O2. The van der Waals surface area contributed by atoms with Crippen LogP contribution in [0.3, 0.4) is 0 Å². The first kappa shape index (κ1) is 18.0. The number of rotatable bonds is 6. The number of carbonyl (C=O) groups excluding carboxylic acids is 1. The quantitative estimate of drug-likeness (QED) is 0.850. The molecule has 4 rings (SSSR count). The van der Waals surface area contributed by atoms with Gasteiger partial charge in [-0.3, -0.25) is 14.4 Å². The zero-order valence-corrected chi connectivity index (χ0v) is 16.1. The molecule has 0 bridgehead atoms. The normalized spacial score (nSPS) is 24.7. The van der Waals surface area contributed by atoms with Crippen LogP contribution in [-0.4, -0.2) is 47.3 Å². The van der Waals surface area contributed by atoms with Crippen molar-refractivity contribution in [2.45, 2.75) is 38.4 Å². The summed E-state index contributed by atoms with van der Waals surface area (Å²) >= 11 is 0. The number of benzene rings is 1. The molecule has 1 aromatic carbocycles. The maximum absolute atomic E-state index is 11.7. The highest BCUT2D eigenvalue weighted by Crippen LogP contribution is 2.38. The Hall–Kier alpha value is -2.34. The van der Waals surface area contributed by atoms with Gasteiger partial charge in [0.05, 0.1) is 13.7 Å². The van der Waals surface area contributed by atoms with Crippen molar-refractivity contribution in [1.29, 1.82) is 0 Å². The number of ether oxygens (including phenoxy) is 1. The molecular weight excluding hydrogens is 340 g/mol. The standard InChI is InChI=1S/C21H28N4O2/c1-24(19-9-16-11-21(26)22-12-17(16)10-19)13-15-4-5-20(27-2)18(8-15)14-25-7-3-6-23-25/h3-8,16-17,19H,9-14H2,1-2H3,(H,22,26)/t16-,17+,19-/m0/s1. The van der Waals surface area contributed by atoms with Crippen molar-refractivity contribution in [1.82, 2.24) is 20.0 Å². The minimum Gasteiger partial charge on any atom is -0.496 e. The van der Waals surface area contributed by atoms with Crippen LogP contribution < -0.4 is 10.1 Å². The summed E-state index contributed by atoms with van der Waals surface area (Å²) in [4.78, 5) is 14.1. The summed E-state index contributed by atoms with van der Waals surface area (Å²) in [6.07, 6.45) is 6.77. The summed E-state index contributed by atoms with van der Waals surface area (Å²) in [5.41, 5.74) is 2.42. The molecule has 6 heteroatoms. The molecule has 2 aliphatic rings. The van der Waals surface area contributed by atoms with E-state index < -0.39 is 0 Å². The van der Waals surface area contributed by atoms with Crippen LogP contribution >= 0.6 is 0 Å². The van der Waals surface area contributed by atoms with E-state index in [1.165, 1.54) is 12.0 Å². The Morgan fingerprint density at radius 3 is 2.96 bits per heavy atom. The number of fused-ring (bicyclic) bond motifs is 1. The molecule has 1 amide bonds. The molecule has 6 nitrogen and oxygen atoms in total. The predicted molar refractivity (Wildman–Crippen MR) is 103 cm³/mol. The summed E-state index contributed by atoms with van der Waals surface area (Å²) in [7, 11) is 3.91. The lowest BCUT2D eigenvalue weighted by Gasteiger charge is -2.25. The van der Waals surface area contributed by atoms with Gasteiger partial charge in [0.1, 0.15) is 5.75 Å². The van der Waals surface area contributed by atoms with Gasteiger partial charge < -0.3 is 10.1 Å². The highest BCUT2D eigenvalue weighted by atomic mass is 16.5. The van der Waals surface area contributed by atoms with Gasteiger partial charge in [-0.15, -0.1) is 0 Å². The number of nitrogens with zero attached hydrogens (tertiary/aromatic N) is 3. The molecule has 1 N–H and O–H groups in total. The van der Waals surface area contributed by atoms with Crippen molar-refractivity contribution in [3.63, 3.8) is 0 Å². The number of amides is 1. The molecule has 1 saturated carbocycles. The van der Waals surface area contributed by atoms with Crippen LogP contribution in [0.25, 0.3) is 0 Å². The van der Waals surface area contributed by atoms with Crippen LogP contribution in [0.2, 0.25) is 0 Å². The van der Waals surface area contributed by atoms with Crippen LogP contribution in [0.1, 0.15) is 30.4 Å². The van der Waals surface area contributed by atoms with Crippen molar-refractivity contribution in [2.75, 3.05) is 20.7 Å². The van der Waals surface area contributed by atoms with Crippen molar-refractivity contribution in [3.8, 4) is 5.75 Å². The molecule has 0 radical (unpaired) electrons. The maximum atomic E-state index is 11.7. The van der Waals surface area contributed by atoms with Crippen molar-refractivity contribution < 1.29 is 9.53 Å². The molecule has 1 aliphatic carbocycles. The second kappa shape index (κ2) is 7.72. The first-order chi connectivity index (χ1) is 13.1. The van der Waals surface area contributed by atoms with E-state index in [1.807, 2.05) is 16.9 Å². The van der Waals surface area contributed by atoms with Crippen LogP contribution in [0.15, 0.2) is 36.7 Å². The van der Waals surface area contributed by atoms with Gasteiger partial charge in [0.2, 0.25) is 5.91 Å². The number of methoxy groups -OCH3 is 1. The molecule has 1 aromatic heterocycles. The average molecular weight is 368 g/mol. The van der Waals surface area contributed by atoms with E-state index in [4.69, 9.17) is 4.74 Å². The van der Waals surface area contributed by atoms with E-state index in [9.17, 15) is 4.79 Å². The Bertz CT molecular complexity index is 789. The number of hydrogen-bond donors (Lipinski definition) is 1. The zero-order chi connectivity index (χ0) is 18.8. The van der Waals surface area contributed by atoms with E-state index in [0.29, 0.717) is 30.8 Å². The lowest BCUT2D eigenvalue weighted by atomic mass is 9.89. The maximum Gasteiger partial charge on any atom is 0.220 e. The summed E-state index contributed by atoms with van der Waals surface area (Å²) in [5.74, 6) is 2.31. The first-order valence-electron chi connectivity index (χ1n) is 9.72. The minimum atomic E-state index is 0.220. The molecule has 1 saturated heterocycles. The van der Waals surface area contributed by atoms with E-state index in [2.05, 4.69) is 40.6 Å². The van der Waals surface area contributed by atoms with Crippen molar-refractivity contribution in [2.24, 2.45) is 11.8 Å². The van der Waals surface area contributed by atoms with E-state index in [-0.39, 0.29) is 5.91 Å². The van der Waals surface area contributed by atoms with E-state index in [1.54, 1.807) is 13.3 Å². The van der Waals surface area contributed by atoms with Crippen molar-refractivity contribution in [3.05, 3.63) is 47.8 Å². The number of piperidine rings is 1. The van der Waals surface area contributed by atoms with Gasteiger partial charge >= 0.3 is 0 Å². The van der Waals surface area contributed by atoms with Gasteiger partial charge in [-0.1, -0.05) is 6.07 Å². The van der Waals surface area contributed by atoms with Gasteiger partial charge in [-0.25, -0.2) is 0 Å². The highest BCUT2D eigenvalue weighted by molar-refractivity contribution is 5.77. The molecule has 0 spiro atoms. The second-order valence-corrected chi connectivity index (χ2v) is 7.92. The molecule has 2 heterocycles. The summed E-state index contributed by atoms with van der Waals surface area (Å²) in [6, 6.07) is 8.91. The number of aromatic nitrogens is 2. The molecule has 2 aromatic rings. The molecule has 3 atom stereocenters. The van der Waals surface area contributed by atoms with Crippen LogP contribution in [0.5, 0.6) is 5.75 Å². The van der Waals surface area contributed by atoms with Gasteiger partial charge in [-0.2, -0.15) is 5.10 Å². The Kier molecular flexibility index (Phi) is 5.16. The van der Waals surface area contributed by atoms with Crippen LogP contribution in [-0.2, 0) is 17.9 Å². The lowest BCUT2D eigenvalue weighted by molar-refractivity contribution is -0.124. The average Bonchev–Trinajstić information content (AvgIpc) is 3.31. The number of carbonyl (C=O) groups is 1. The van der Waals surface area contributed by atoms with Crippen molar-refractivity contribution >= 4 is 5.91 Å². The lowest BCUT2D eigenvalue weighted by Crippen LogP contribution is -2.38. The highest BCUT2D eigenvalue weighted by Gasteiger charge is 2.39. The third-order valence-corrected chi connectivity index (χ3v) is 6.12. The van der Waals surface area contributed by atoms with E-state index in [0.717, 1.165) is 30.8 Å². The van der Waals surface area contributed by atoms with Crippen LogP contribution in [0, 0.1) is 11.8 Å². The van der Waals surface area contributed by atoms with Gasteiger partial charge in [-0.05, 0) is 55.5 Å². The largest absolute Gasteiger partial charge is 0.496 e. The first-order valence-corrected chi connectivity index (χ1v) is 9.72. The van der Waals surface area contributed by atoms with Gasteiger partial charge in [0.15, 0.2) is 0 Å². The fraction of sp³-hybridized carbons (Fsp3) is 0.524. The Balaban J connectivity index is 1.43. The third-order valence-electron chi connectivity index (χ3n) is 6.12. The molecule has 27 heavy (non-hydrogen) atoms. The predicted octanol–water partition coefficient (Wildman–Crippen LogP) is 2.29. The van der Waals surface area contributed by atoms with E-state index >= 15 is 0 Å². The van der Waals surface area contributed by atoms with Crippen LogP contribution in [0.4, 0.5) is 0 Å². The zero-order valence-electron chi connectivity index (χ0n) is 16.1. The fourth-order valence-corrected chi connectivity index (χ4v) is 4.63. The Morgan fingerprint density at radius 2 is 2.19 bits per heavy atom. The molecule has 1 aliphatic heterocycles. The summed E-state index contributed by atoms with van der Waals surface area (Å²) in [6.45, 7) is 2.46.